The molecule has 1 heterocycles. The molecular weight excluding hydrogens is 348 g/mol. The van der Waals surface area contributed by atoms with Gasteiger partial charge in [0.15, 0.2) is 0 Å². The zero-order valence-electron chi connectivity index (χ0n) is 16.4. The number of benzene rings is 1. The minimum atomic E-state index is -0.242. The van der Waals surface area contributed by atoms with Gasteiger partial charge >= 0.3 is 6.03 Å². The van der Waals surface area contributed by atoms with Gasteiger partial charge in [0, 0.05) is 64.7 Å². The van der Waals surface area contributed by atoms with Crippen LogP contribution in [0.4, 0.5) is 10.5 Å². The predicted molar refractivity (Wildman–Crippen MR) is 104 cm³/mol. The van der Waals surface area contributed by atoms with Gasteiger partial charge in [-0.2, -0.15) is 0 Å². The number of hydrogen-bond donors (Lipinski definition) is 1. The second-order valence-corrected chi connectivity index (χ2v) is 6.58. The third-order valence-corrected chi connectivity index (χ3v) is 4.57. The number of carbonyl (C=O) groups is 2. The van der Waals surface area contributed by atoms with Gasteiger partial charge in [-0.25, -0.2) is 4.79 Å². The summed E-state index contributed by atoms with van der Waals surface area (Å²) in [5.74, 6) is -0.00480. The van der Waals surface area contributed by atoms with E-state index >= 15 is 0 Å². The van der Waals surface area contributed by atoms with Crippen LogP contribution in [0.5, 0.6) is 0 Å². The summed E-state index contributed by atoms with van der Waals surface area (Å²) in [6.07, 6.45) is 0. The van der Waals surface area contributed by atoms with Crippen molar-refractivity contribution in [2.45, 2.75) is 0 Å². The number of amides is 3. The lowest BCUT2D eigenvalue weighted by atomic mass is 10.1. The van der Waals surface area contributed by atoms with Crippen molar-refractivity contribution in [3.8, 4) is 0 Å². The number of urea groups is 1. The molecule has 27 heavy (non-hydrogen) atoms. The number of anilines is 1. The van der Waals surface area contributed by atoms with Gasteiger partial charge in [-0.05, 0) is 25.2 Å². The second kappa shape index (κ2) is 10.9. The number of likely N-dealkylation sites (N-methyl/N-ethyl adjacent to an activating group) is 1. The van der Waals surface area contributed by atoms with Crippen molar-refractivity contribution in [1.82, 2.24) is 14.7 Å². The van der Waals surface area contributed by atoms with Crippen molar-refractivity contribution in [3.63, 3.8) is 0 Å². The Hall–Kier alpha value is -2.16. The third-order valence-electron chi connectivity index (χ3n) is 4.57. The van der Waals surface area contributed by atoms with Gasteiger partial charge in [0.05, 0.1) is 13.2 Å². The first kappa shape index (κ1) is 21.1. The maximum atomic E-state index is 12.7. The molecule has 0 radical (unpaired) electrons. The molecule has 1 N–H and O–H groups in total. The molecule has 0 saturated carbocycles. The summed E-state index contributed by atoms with van der Waals surface area (Å²) >= 11 is 0. The molecule has 0 atom stereocenters. The van der Waals surface area contributed by atoms with Gasteiger partial charge in [-0.3, -0.25) is 4.79 Å². The average Bonchev–Trinajstić information content (AvgIpc) is 2.68. The van der Waals surface area contributed by atoms with Crippen molar-refractivity contribution < 1.29 is 19.1 Å². The van der Waals surface area contributed by atoms with Gasteiger partial charge < -0.3 is 29.5 Å². The molecule has 1 aromatic carbocycles. The Morgan fingerprint density at radius 2 is 1.70 bits per heavy atom. The number of ether oxygens (including phenoxy) is 2. The fourth-order valence-electron chi connectivity index (χ4n) is 2.84. The van der Waals surface area contributed by atoms with Gasteiger partial charge in [0.2, 0.25) is 0 Å². The van der Waals surface area contributed by atoms with E-state index in [0.29, 0.717) is 50.6 Å². The Balaban J connectivity index is 2.00. The second-order valence-electron chi connectivity index (χ2n) is 6.58. The van der Waals surface area contributed by atoms with Gasteiger partial charge in [-0.1, -0.05) is 6.07 Å². The van der Waals surface area contributed by atoms with Crippen LogP contribution < -0.4 is 5.32 Å². The van der Waals surface area contributed by atoms with Crippen LogP contribution in [-0.2, 0) is 9.47 Å². The van der Waals surface area contributed by atoms with Crippen LogP contribution in [0.2, 0.25) is 0 Å². The number of methoxy groups -OCH3 is 2. The predicted octanol–water partition coefficient (Wildman–Crippen LogP) is 1.20. The molecule has 8 nitrogen and oxygen atoms in total. The molecular formula is C19H30N4O4. The molecule has 1 saturated heterocycles. The van der Waals surface area contributed by atoms with Crippen molar-refractivity contribution in [1.29, 1.82) is 0 Å². The van der Waals surface area contributed by atoms with Gasteiger partial charge in [-0.15, -0.1) is 0 Å². The Morgan fingerprint density at radius 1 is 1.07 bits per heavy atom. The lowest BCUT2D eigenvalue weighted by Gasteiger charge is -2.32. The average molecular weight is 378 g/mol. The van der Waals surface area contributed by atoms with Gasteiger partial charge in [0.25, 0.3) is 5.91 Å². The van der Waals surface area contributed by atoms with Crippen molar-refractivity contribution >= 4 is 17.6 Å². The molecule has 8 heteroatoms. The van der Waals surface area contributed by atoms with E-state index in [9.17, 15) is 9.59 Å². The standard InChI is InChI=1S/C19H30N4O4/c1-21-7-9-22(10-8-21)18(24)16-5-4-6-17(15-16)20-19(25)23(11-13-26-2)12-14-27-3/h4-6,15H,7-14H2,1-3H3,(H,20,25). The van der Waals surface area contributed by atoms with Crippen LogP contribution in [-0.4, -0.2) is 100 Å². The van der Waals surface area contributed by atoms with Crippen LogP contribution in [0, 0.1) is 0 Å². The van der Waals surface area contributed by atoms with Crippen molar-refractivity contribution in [2.24, 2.45) is 0 Å². The summed E-state index contributed by atoms with van der Waals surface area (Å²) in [4.78, 5) is 30.9. The summed E-state index contributed by atoms with van der Waals surface area (Å²) in [5.41, 5.74) is 1.18. The van der Waals surface area contributed by atoms with Crippen LogP contribution >= 0.6 is 0 Å². The van der Waals surface area contributed by atoms with Crippen LogP contribution in [0.15, 0.2) is 24.3 Å². The SMILES string of the molecule is COCCN(CCOC)C(=O)Nc1cccc(C(=O)N2CCN(C)CC2)c1. The number of nitrogens with zero attached hydrogens (tertiary/aromatic N) is 3. The van der Waals surface area contributed by atoms with E-state index in [2.05, 4.69) is 17.3 Å². The van der Waals surface area contributed by atoms with E-state index in [1.165, 1.54) is 0 Å². The molecule has 0 aliphatic carbocycles. The molecule has 1 aliphatic heterocycles. The molecule has 2 rings (SSSR count). The molecule has 0 unspecified atom stereocenters. The van der Waals surface area contributed by atoms with E-state index < -0.39 is 0 Å². The number of carbonyl (C=O) groups excluding carboxylic acids is 2. The molecule has 1 aromatic rings. The fourth-order valence-corrected chi connectivity index (χ4v) is 2.84. The smallest absolute Gasteiger partial charge is 0.321 e. The minimum absolute atomic E-state index is 0.00480. The molecule has 0 bridgehead atoms. The highest BCUT2D eigenvalue weighted by Crippen LogP contribution is 2.15. The quantitative estimate of drug-likeness (QED) is 0.736. The number of rotatable bonds is 8. The van der Waals surface area contributed by atoms with E-state index in [4.69, 9.17) is 9.47 Å². The first-order valence-corrected chi connectivity index (χ1v) is 9.17. The van der Waals surface area contributed by atoms with E-state index in [1.54, 1.807) is 43.4 Å². The highest BCUT2D eigenvalue weighted by molar-refractivity contribution is 5.97. The molecule has 3 amide bonds. The summed E-state index contributed by atoms with van der Waals surface area (Å²) in [6, 6.07) is 6.83. The third kappa shape index (κ3) is 6.50. The normalized spacial score (nSPS) is 14.9. The zero-order chi connectivity index (χ0) is 19.6. The number of piperazine rings is 1. The van der Waals surface area contributed by atoms with Crippen molar-refractivity contribution in [3.05, 3.63) is 29.8 Å². The Bertz CT molecular complexity index is 609. The van der Waals surface area contributed by atoms with E-state index in [-0.39, 0.29) is 11.9 Å². The Morgan fingerprint density at radius 3 is 2.30 bits per heavy atom. The molecule has 150 valence electrons. The summed E-state index contributed by atoms with van der Waals surface area (Å²) in [6.45, 7) is 4.99. The van der Waals surface area contributed by atoms with E-state index in [1.807, 2.05) is 4.90 Å². The topological polar surface area (TPSA) is 74.3 Å². The molecule has 1 fully saturated rings. The first-order chi connectivity index (χ1) is 13.0. The number of hydrogen-bond acceptors (Lipinski definition) is 5. The van der Waals surface area contributed by atoms with Crippen LogP contribution in [0.3, 0.4) is 0 Å². The monoisotopic (exact) mass is 378 g/mol. The highest BCUT2D eigenvalue weighted by atomic mass is 16.5. The summed E-state index contributed by atoms with van der Waals surface area (Å²) in [7, 11) is 5.25. The number of nitrogens with one attached hydrogen (secondary N) is 1. The Kier molecular flexibility index (Phi) is 8.50. The van der Waals surface area contributed by atoms with Crippen molar-refractivity contribution in [2.75, 3.05) is 79.1 Å². The van der Waals surface area contributed by atoms with E-state index in [0.717, 1.165) is 13.1 Å². The van der Waals surface area contributed by atoms with Crippen LogP contribution in [0.25, 0.3) is 0 Å². The summed E-state index contributed by atoms with van der Waals surface area (Å²) < 4.78 is 10.1. The lowest BCUT2D eigenvalue weighted by molar-refractivity contribution is 0.0664. The maximum Gasteiger partial charge on any atom is 0.321 e. The fraction of sp³-hybridized carbons (Fsp3) is 0.579. The minimum Gasteiger partial charge on any atom is -0.383 e. The highest BCUT2D eigenvalue weighted by Gasteiger charge is 2.21. The largest absolute Gasteiger partial charge is 0.383 e. The van der Waals surface area contributed by atoms with Gasteiger partial charge in [0.1, 0.15) is 0 Å². The summed E-state index contributed by atoms with van der Waals surface area (Å²) in [5, 5.41) is 2.86. The zero-order valence-corrected chi connectivity index (χ0v) is 16.4. The molecule has 1 aliphatic rings. The molecule has 0 aromatic heterocycles. The maximum absolute atomic E-state index is 12.7. The molecule has 0 spiro atoms. The lowest BCUT2D eigenvalue weighted by Crippen LogP contribution is -2.47. The Labute approximate surface area is 161 Å². The first-order valence-electron chi connectivity index (χ1n) is 9.17. The van der Waals surface area contributed by atoms with Crippen LogP contribution in [0.1, 0.15) is 10.4 Å².